The first kappa shape index (κ1) is 13.1. The van der Waals surface area contributed by atoms with Gasteiger partial charge in [0.15, 0.2) is 0 Å². The largest absolute Gasteiger partial charge is 0.508 e. The summed E-state index contributed by atoms with van der Waals surface area (Å²) in [4.78, 5) is 10.8. The zero-order chi connectivity index (χ0) is 15.0. The second kappa shape index (κ2) is 4.86. The first-order chi connectivity index (χ1) is 10.0. The lowest BCUT2D eigenvalue weighted by molar-refractivity contribution is -0.135. The Balaban J connectivity index is 2.19. The molecule has 0 fully saturated rings. The molecule has 0 spiro atoms. The highest BCUT2D eigenvalue weighted by Crippen LogP contribution is 2.45. The minimum absolute atomic E-state index is 0.0509. The van der Waals surface area contributed by atoms with Gasteiger partial charge in [-0.05, 0) is 29.8 Å². The molecule has 2 aromatic rings. The van der Waals surface area contributed by atoms with Crippen molar-refractivity contribution < 1.29 is 24.9 Å². The highest BCUT2D eigenvalue weighted by molar-refractivity contribution is 5.90. The predicted octanol–water partition coefficient (Wildman–Crippen LogP) is 3.11. The summed E-state index contributed by atoms with van der Waals surface area (Å²) in [6, 6.07) is 9.29. The van der Waals surface area contributed by atoms with Crippen molar-refractivity contribution in [1.82, 2.24) is 0 Å². The van der Waals surface area contributed by atoms with Crippen LogP contribution in [0.2, 0.25) is 0 Å². The van der Waals surface area contributed by atoms with Crippen LogP contribution in [-0.2, 0) is 4.79 Å². The van der Waals surface area contributed by atoms with Gasteiger partial charge in [-0.1, -0.05) is 6.08 Å². The van der Waals surface area contributed by atoms with Crippen LogP contribution in [0.25, 0.3) is 5.57 Å². The molecule has 0 unspecified atom stereocenters. The molecule has 0 radical (unpaired) electrons. The molecule has 0 bridgehead atoms. The third-order valence-electron chi connectivity index (χ3n) is 3.21. The smallest absolute Gasteiger partial charge is 0.307 e. The summed E-state index contributed by atoms with van der Waals surface area (Å²) in [7, 11) is 0. The highest BCUT2D eigenvalue weighted by atomic mass is 16.5. The number of carbonyl (C=O) groups is 1. The zero-order valence-corrected chi connectivity index (χ0v) is 10.9. The van der Waals surface area contributed by atoms with E-state index in [4.69, 9.17) is 9.84 Å². The van der Waals surface area contributed by atoms with E-state index in [-0.39, 0.29) is 17.9 Å². The molecule has 0 atom stereocenters. The van der Waals surface area contributed by atoms with Crippen molar-refractivity contribution in [3.8, 4) is 23.0 Å². The fourth-order valence-electron chi connectivity index (χ4n) is 2.31. The van der Waals surface area contributed by atoms with E-state index in [0.29, 0.717) is 28.2 Å². The summed E-state index contributed by atoms with van der Waals surface area (Å²) < 4.78 is 5.67. The van der Waals surface area contributed by atoms with E-state index >= 15 is 0 Å². The molecule has 0 saturated heterocycles. The first-order valence-corrected chi connectivity index (χ1v) is 6.31. The van der Waals surface area contributed by atoms with Gasteiger partial charge in [0.1, 0.15) is 23.0 Å². The van der Waals surface area contributed by atoms with Gasteiger partial charge in [-0.15, -0.1) is 0 Å². The average Bonchev–Trinajstić information content (AvgIpc) is 2.42. The summed E-state index contributed by atoms with van der Waals surface area (Å²) in [5.41, 5.74) is 2.10. The number of carboxylic acid groups (broad SMARTS) is 1. The van der Waals surface area contributed by atoms with Crippen LogP contribution in [0, 0.1) is 0 Å². The number of phenols is 2. The number of rotatable bonds is 2. The molecular formula is C16H12O5. The van der Waals surface area contributed by atoms with Crippen molar-refractivity contribution in [2.75, 3.05) is 0 Å². The van der Waals surface area contributed by atoms with Crippen LogP contribution in [0.3, 0.4) is 0 Å². The molecule has 0 aromatic heterocycles. The monoisotopic (exact) mass is 284 g/mol. The highest BCUT2D eigenvalue weighted by Gasteiger charge is 2.22. The Bertz CT molecular complexity index is 708. The van der Waals surface area contributed by atoms with Gasteiger partial charge in [0.05, 0.1) is 6.42 Å². The maximum Gasteiger partial charge on any atom is 0.307 e. The van der Waals surface area contributed by atoms with E-state index < -0.39 is 5.97 Å². The number of carboxylic acids is 1. The van der Waals surface area contributed by atoms with Crippen LogP contribution in [0.4, 0.5) is 0 Å². The molecule has 21 heavy (non-hydrogen) atoms. The second-order valence-corrected chi connectivity index (χ2v) is 4.68. The maximum absolute atomic E-state index is 10.8. The molecule has 2 aromatic carbocycles. The van der Waals surface area contributed by atoms with Gasteiger partial charge < -0.3 is 20.1 Å². The zero-order valence-electron chi connectivity index (χ0n) is 10.9. The number of ether oxygens (including phenoxy) is 1. The Hall–Kier alpha value is -2.95. The third kappa shape index (κ3) is 2.41. The van der Waals surface area contributed by atoms with Gasteiger partial charge in [-0.25, -0.2) is 0 Å². The van der Waals surface area contributed by atoms with E-state index in [0.717, 1.165) is 0 Å². The Labute approximate surface area is 120 Å². The number of aromatic hydroxyl groups is 2. The van der Waals surface area contributed by atoms with Crippen LogP contribution in [0.1, 0.15) is 17.5 Å². The Morgan fingerprint density at radius 2 is 1.52 bits per heavy atom. The fourth-order valence-corrected chi connectivity index (χ4v) is 2.31. The lowest BCUT2D eigenvalue weighted by atomic mass is 9.93. The van der Waals surface area contributed by atoms with E-state index in [1.165, 1.54) is 24.3 Å². The SMILES string of the molecule is O=C(O)CC=C1c2ccc(O)cc2Oc2cc(O)ccc21. The lowest BCUT2D eigenvalue weighted by Crippen LogP contribution is -2.03. The van der Waals surface area contributed by atoms with E-state index in [2.05, 4.69) is 0 Å². The fraction of sp³-hybridized carbons (Fsp3) is 0.0625. The molecular weight excluding hydrogens is 272 g/mol. The van der Waals surface area contributed by atoms with Crippen molar-refractivity contribution >= 4 is 11.5 Å². The Morgan fingerprint density at radius 1 is 1.00 bits per heavy atom. The van der Waals surface area contributed by atoms with Crippen LogP contribution >= 0.6 is 0 Å². The molecule has 3 rings (SSSR count). The van der Waals surface area contributed by atoms with Gasteiger partial charge >= 0.3 is 5.97 Å². The van der Waals surface area contributed by atoms with Crippen LogP contribution in [0.5, 0.6) is 23.0 Å². The molecule has 1 aliphatic heterocycles. The Morgan fingerprint density at radius 3 is 2.00 bits per heavy atom. The van der Waals surface area contributed by atoms with Gasteiger partial charge in [0, 0.05) is 23.3 Å². The molecule has 0 aliphatic carbocycles. The standard InChI is InChI=1S/C16H12O5/c17-9-1-3-12-11(5-6-16(19)20)13-4-2-10(18)8-15(13)21-14(12)7-9/h1-5,7-8,17-18H,6H2,(H,19,20). The van der Waals surface area contributed by atoms with E-state index in [1.54, 1.807) is 18.2 Å². The molecule has 5 heteroatoms. The summed E-state index contributed by atoms with van der Waals surface area (Å²) >= 11 is 0. The first-order valence-electron chi connectivity index (χ1n) is 6.31. The van der Waals surface area contributed by atoms with Gasteiger partial charge in [0.2, 0.25) is 0 Å². The lowest BCUT2D eigenvalue weighted by Gasteiger charge is -2.23. The van der Waals surface area contributed by atoms with E-state index in [9.17, 15) is 15.0 Å². The summed E-state index contributed by atoms with van der Waals surface area (Å²) in [5.74, 6) is 0.00833. The molecule has 5 nitrogen and oxygen atoms in total. The number of hydrogen-bond donors (Lipinski definition) is 3. The minimum Gasteiger partial charge on any atom is -0.508 e. The number of fused-ring (bicyclic) bond motifs is 2. The number of phenolic OH excluding ortho intramolecular Hbond substituents is 2. The minimum atomic E-state index is -0.936. The molecule has 3 N–H and O–H groups in total. The normalized spacial score (nSPS) is 12.1. The van der Waals surface area contributed by atoms with Crippen LogP contribution in [-0.4, -0.2) is 21.3 Å². The van der Waals surface area contributed by atoms with Crippen LogP contribution < -0.4 is 4.74 Å². The van der Waals surface area contributed by atoms with Gasteiger partial charge in [-0.2, -0.15) is 0 Å². The van der Waals surface area contributed by atoms with Crippen molar-refractivity contribution in [2.24, 2.45) is 0 Å². The van der Waals surface area contributed by atoms with E-state index in [1.807, 2.05) is 0 Å². The van der Waals surface area contributed by atoms with Gasteiger partial charge in [-0.3, -0.25) is 4.79 Å². The molecule has 1 heterocycles. The van der Waals surface area contributed by atoms with Gasteiger partial charge in [0.25, 0.3) is 0 Å². The number of hydrogen-bond acceptors (Lipinski definition) is 4. The summed E-state index contributed by atoms with van der Waals surface area (Å²) in [6.07, 6.45) is 1.46. The van der Waals surface area contributed by atoms with Crippen LogP contribution in [0.15, 0.2) is 42.5 Å². The maximum atomic E-state index is 10.8. The molecule has 0 amide bonds. The Kier molecular flexibility index (Phi) is 3.02. The van der Waals surface area contributed by atoms with Crippen molar-refractivity contribution in [3.63, 3.8) is 0 Å². The number of benzene rings is 2. The average molecular weight is 284 g/mol. The van der Waals surface area contributed by atoms with Crippen molar-refractivity contribution in [1.29, 1.82) is 0 Å². The molecule has 1 aliphatic rings. The second-order valence-electron chi connectivity index (χ2n) is 4.68. The molecule has 106 valence electrons. The van der Waals surface area contributed by atoms with Crippen molar-refractivity contribution in [3.05, 3.63) is 53.6 Å². The summed E-state index contributed by atoms with van der Waals surface area (Å²) in [6.45, 7) is 0. The predicted molar refractivity (Wildman–Crippen MR) is 75.6 cm³/mol. The number of aliphatic carboxylic acids is 1. The topological polar surface area (TPSA) is 87.0 Å². The summed E-state index contributed by atoms with van der Waals surface area (Å²) in [5, 5.41) is 28.0. The quantitative estimate of drug-likeness (QED) is 0.673. The third-order valence-corrected chi connectivity index (χ3v) is 3.21. The molecule has 0 saturated carbocycles. The van der Waals surface area contributed by atoms with Crippen molar-refractivity contribution in [2.45, 2.75) is 6.42 Å².